The number of carbonyl (C=O) groups excluding carboxylic acids is 2. The van der Waals surface area contributed by atoms with Crippen molar-refractivity contribution in [2.75, 3.05) is 33.3 Å². The van der Waals surface area contributed by atoms with Crippen molar-refractivity contribution in [2.24, 2.45) is 0 Å². The van der Waals surface area contributed by atoms with Crippen LogP contribution in [0.25, 0.3) is 15.9 Å². The molecule has 4 aromatic rings. The maximum Gasteiger partial charge on any atom is 0.348 e. The van der Waals surface area contributed by atoms with Crippen LogP contribution in [0, 0.1) is 6.92 Å². The molecule has 10 heteroatoms. The lowest BCUT2D eigenvalue weighted by Crippen LogP contribution is -2.20. The van der Waals surface area contributed by atoms with Gasteiger partial charge in [-0.05, 0) is 25.1 Å². The Morgan fingerprint density at radius 2 is 1.68 bits per heavy atom. The molecule has 4 rings (SSSR count). The number of carbonyl (C=O) groups is 2. The highest BCUT2D eigenvalue weighted by Crippen LogP contribution is 2.40. The molecule has 0 saturated heterocycles. The number of para-hydroxylation sites is 1. The first-order valence-corrected chi connectivity index (χ1v) is 11.1. The lowest BCUT2D eigenvalue weighted by Gasteiger charge is -2.14. The number of amides is 1. The van der Waals surface area contributed by atoms with Gasteiger partial charge < -0.3 is 24.3 Å². The van der Waals surface area contributed by atoms with Crippen LogP contribution in [0.1, 0.15) is 15.4 Å². The summed E-state index contributed by atoms with van der Waals surface area (Å²) in [4.78, 5) is 26.3. The molecule has 2 aromatic carbocycles. The molecule has 176 valence electrons. The monoisotopic (exact) mass is 481 g/mol. The van der Waals surface area contributed by atoms with Crippen molar-refractivity contribution in [3.8, 4) is 22.9 Å². The van der Waals surface area contributed by atoms with Crippen LogP contribution in [-0.2, 0) is 9.53 Å². The van der Waals surface area contributed by atoms with E-state index < -0.39 is 18.5 Å². The summed E-state index contributed by atoms with van der Waals surface area (Å²) in [6.45, 7) is 1.43. The molecule has 2 aromatic heterocycles. The first-order valence-electron chi connectivity index (χ1n) is 10.3. The number of fused-ring (bicyclic) bond motifs is 1. The molecule has 0 aliphatic carbocycles. The zero-order valence-electron chi connectivity index (χ0n) is 19.1. The van der Waals surface area contributed by atoms with E-state index in [2.05, 4.69) is 10.4 Å². The third-order valence-electron chi connectivity index (χ3n) is 5.03. The topological polar surface area (TPSA) is 101 Å². The SMILES string of the molecule is COc1cc(NC(=O)COC(=O)c2cc3c(C)nn(-c4ccccc4)c3s2)cc(OC)c1OC. The second-order valence-corrected chi connectivity index (χ2v) is 8.23. The Kier molecular flexibility index (Phi) is 6.69. The number of methoxy groups -OCH3 is 3. The van der Waals surface area contributed by atoms with E-state index in [1.165, 1.54) is 32.7 Å². The highest BCUT2D eigenvalue weighted by atomic mass is 32.1. The fourth-order valence-electron chi connectivity index (χ4n) is 3.44. The van der Waals surface area contributed by atoms with Crippen LogP contribution in [0.4, 0.5) is 5.69 Å². The Hall–Kier alpha value is -4.05. The molecule has 1 amide bonds. The quantitative estimate of drug-likeness (QED) is 0.376. The molecule has 1 N–H and O–H groups in total. The number of ether oxygens (including phenoxy) is 4. The Labute approximate surface area is 199 Å². The third-order valence-corrected chi connectivity index (χ3v) is 6.12. The minimum Gasteiger partial charge on any atom is -0.493 e. The zero-order valence-corrected chi connectivity index (χ0v) is 19.9. The van der Waals surface area contributed by atoms with Gasteiger partial charge in [0.2, 0.25) is 5.75 Å². The highest BCUT2D eigenvalue weighted by molar-refractivity contribution is 7.20. The van der Waals surface area contributed by atoms with E-state index in [1.807, 2.05) is 37.3 Å². The fraction of sp³-hybridized carbons (Fsp3) is 0.208. The van der Waals surface area contributed by atoms with Gasteiger partial charge in [0.1, 0.15) is 9.71 Å². The predicted molar refractivity (Wildman–Crippen MR) is 129 cm³/mol. The molecular weight excluding hydrogens is 458 g/mol. The smallest absolute Gasteiger partial charge is 0.348 e. The van der Waals surface area contributed by atoms with Gasteiger partial charge in [-0.15, -0.1) is 11.3 Å². The summed E-state index contributed by atoms with van der Waals surface area (Å²) in [6, 6.07) is 14.6. The lowest BCUT2D eigenvalue weighted by atomic mass is 10.2. The molecule has 0 spiro atoms. The number of nitrogens with zero attached hydrogens (tertiary/aromatic N) is 2. The summed E-state index contributed by atoms with van der Waals surface area (Å²) in [5.74, 6) is 0.101. The summed E-state index contributed by atoms with van der Waals surface area (Å²) in [5.41, 5.74) is 2.11. The number of nitrogens with one attached hydrogen (secondary N) is 1. The molecule has 9 nitrogen and oxygen atoms in total. The van der Waals surface area contributed by atoms with Gasteiger partial charge >= 0.3 is 5.97 Å². The number of aromatic nitrogens is 2. The molecule has 2 heterocycles. The van der Waals surface area contributed by atoms with Crippen LogP contribution < -0.4 is 19.5 Å². The minimum absolute atomic E-state index is 0.390. The third kappa shape index (κ3) is 4.53. The number of hydrogen-bond acceptors (Lipinski definition) is 8. The van der Waals surface area contributed by atoms with Crippen LogP contribution in [0.2, 0.25) is 0 Å². The predicted octanol–water partition coefficient (Wildman–Crippen LogP) is 4.22. The van der Waals surface area contributed by atoms with Gasteiger partial charge in [-0.25, -0.2) is 9.48 Å². The van der Waals surface area contributed by atoms with Crippen LogP contribution >= 0.6 is 11.3 Å². The average Bonchev–Trinajstić information content (AvgIpc) is 3.43. The van der Waals surface area contributed by atoms with E-state index in [-0.39, 0.29) is 0 Å². The minimum atomic E-state index is -0.583. The van der Waals surface area contributed by atoms with Crippen molar-refractivity contribution in [3.05, 3.63) is 59.1 Å². The van der Waals surface area contributed by atoms with E-state index >= 15 is 0 Å². The molecule has 0 bridgehead atoms. The van der Waals surface area contributed by atoms with Crippen LogP contribution in [0.15, 0.2) is 48.5 Å². The van der Waals surface area contributed by atoms with Crippen molar-refractivity contribution in [1.29, 1.82) is 0 Å². The summed E-state index contributed by atoms with van der Waals surface area (Å²) in [5, 5.41) is 8.10. The molecule has 0 unspecified atom stereocenters. The maximum absolute atomic E-state index is 12.6. The summed E-state index contributed by atoms with van der Waals surface area (Å²) in [7, 11) is 4.45. The number of rotatable bonds is 8. The van der Waals surface area contributed by atoms with E-state index in [4.69, 9.17) is 18.9 Å². The van der Waals surface area contributed by atoms with E-state index in [0.29, 0.717) is 27.8 Å². The van der Waals surface area contributed by atoms with Crippen molar-refractivity contribution in [1.82, 2.24) is 9.78 Å². The summed E-state index contributed by atoms with van der Waals surface area (Å²) >= 11 is 1.26. The first-order chi connectivity index (χ1) is 16.4. The largest absolute Gasteiger partial charge is 0.493 e. The number of thiophene rings is 1. The van der Waals surface area contributed by atoms with Crippen LogP contribution in [0.5, 0.6) is 17.2 Å². The molecule has 0 radical (unpaired) electrons. The zero-order chi connectivity index (χ0) is 24.2. The Bertz CT molecular complexity index is 1320. The molecule has 0 fully saturated rings. The molecule has 0 aliphatic heterocycles. The second kappa shape index (κ2) is 9.84. The van der Waals surface area contributed by atoms with Gasteiger partial charge in [-0.3, -0.25) is 4.79 Å². The lowest BCUT2D eigenvalue weighted by molar-refractivity contribution is -0.119. The molecule has 34 heavy (non-hydrogen) atoms. The summed E-state index contributed by atoms with van der Waals surface area (Å²) in [6.07, 6.45) is 0. The van der Waals surface area contributed by atoms with Crippen molar-refractivity contribution in [2.45, 2.75) is 6.92 Å². The number of aryl methyl sites for hydroxylation is 1. The van der Waals surface area contributed by atoms with Gasteiger partial charge in [0.05, 0.1) is 32.7 Å². The number of hydrogen-bond donors (Lipinski definition) is 1. The molecule has 0 atom stereocenters. The van der Waals surface area contributed by atoms with Crippen LogP contribution in [0.3, 0.4) is 0 Å². The maximum atomic E-state index is 12.6. The highest BCUT2D eigenvalue weighted by Gasteiger charge is 2.20. The van der Waals surface area contributed by atoms with Gasteiger partial charge in [0.15, 0.2) is 18.1 Å². The molecule has 0 aliphatic rings. The molecule has 0 saturated carbocycles. The Morgan fingerprint density at radius 1 is 1.00 bits per heavy atom. The van der Waals surface area contributed by atoms with Gasteiger partial charge in [0, 0.05) is 23.2 Å². The normalized spacial score (nSPS) is 10.7. The van der Waals surface area contributed by atoms with Crippen LogP contribution in [-0.4, -0.2) is 49.6 Å². The van der Waals surface area contributed by atoms with Gasteiger partial charge in [-0.2, -0.15) is 5.10 Å². The number of benzene rings is 2. The standard InChI is InChI=1S/C24H23N3O6S/c1-14-17-12-20(34-23(17)27(26-14)16-8-6-5-7-9-16)24(29)33-13-21(28)25-15-10-18(30-2)22(32-4)19(11-15)31-3/h5-12H,13H2,1-4H3,(H,25,28). The van der Waals surface area contributed by atoms with Crippen molar-refractivity contribution < 1.29 is 28.5 Å². The second-order valence-electron chi connectivity index (χ2n) is 7.20. The van der Waals surface area contributed by atoms with E-state index in [9.17, 15) is 9.59 Å². The van der Waals surface area contributed by atoms with E-state index in [1.54, 1.807) is 22.9 Å². The van der Waals surface area contributed by atoms with Gasteiger partial charge in [-0.1, -0.05) is 18.2 Å². The van der Waals surface area contributed by atoms with Gasteiger partial charge in [0.25, 0.3) is 5.91 Å². The Balaban J connectivity index is 1.45. The fourth-order valence-corrected chi connectivity index (χ4v) is 4.52. The van der Waals surface area contributed by atoms with E-state index in [0.717, 1.165) is 21.6 Å². The van der Waals surface area contributed by atoms with Crippen molar-refractivity contribution in [3.63, 3.8) is 0 Å². The summed E-state index contributed by atoms with van der Waals surface area (Å²) < 4.78 is 22.9. The number of esters is 1. The molecular formula is C24H23N3O6S. The first kappa shape index (κ1) is 23.1. The Morgan fingerprint density at radius 3 is 2.29 bits per heavy atom. The van der Waals surface area contributed by atoms with Crippen molar-refractivity contribution >= 4 is 39.1 Å². The average molecular weight is 482 g/mol. The number of anilines is 1.